The summed E-state index contributed by atoms with van der Waals surface area (Å²) in [6.45, 7) is 13.4. The summed E-state index contributed by atoms with van der Waals surface area (Å²) in [5, 5.41) is 0. The molecule has 2 rings (SSSR count). The molecular weight excluding hydrogens is 240 g/mol. The van der Waals surface area contributed by atoms with Crippen LogP contribution in [0.2, 0.25) is 0 Å². The fraction of sp³-hybridized carbons (Fsp3) is 0.400. The Labute approximate surface area is 123 Å². The maximum absolute atomic E-state index is 3.59. The summed E-state index contributed by atoms with van der Waals surface area (Å²) in [4.78, 5) is 0. The third kappa shape index (κ3) is 2.95. The van der Waals surface area contributed by atoms with Crippen LogP contribution in [0.3, 0.4) is 0 Å². The van der Waals surface area contributed by atoms with Gasteiger partial charge in [-0.15, -0.1) is 0 Å². The number of rotatable bonds is 3. The number of benzene rings is 2. The minimum Gasteiger partial charge on any atom is -0.0617 e. The first kappa shape index (κ1) is 14.8. The van der Waals surface area contributed by atoms with Gasteiger partial charge in [-0.05, 0) is 65.1 Å². The van der Waals surface area contributed by atoms with Crippen molar-refractivity contribution in [2.24, 2.45) is 0 Å². The highest BCUT2D eigenvalue weighted by atomic mass is 14.2. The Bertz CT molecular complexity index is 557. The summed E-state index contributed by atoms with van der Waals surface area (Å²) >= 11 is 0. The van der Waals surface area contributed by atoms with Crippen LogP contribution in [0.4, 0.5) is 0 Å². The average molecular weight is 265 g/mol. The van der Waals surface area contributed by atoms with E-state index in [-0.39, 0.29) is 0 Å². The molecule has 1 radical (unpaired) electrons. The fourth-order valence-corrected chi connectivity index (χ4v) is 2.65. The highest BCUT2D eigenvalue weighted by Crippen LogP contribution is 2.32. The van der Waals surface area contributed by atoms with Gasteiger partial charge in [-0.25, -0.2) is 0 Å². The lowest BCUT2D eigenvalue weighted by Crippen LogP contribution is -1.97. The van der Waals surface area contributed by atoms with Crippen molar-refractivity contribution >= 4 is 0 Å². The molecule has 0 atom stereocenters. The zero-order valence-corrected chi connectivity index (χ0v) is 13.5. The molecule has 0 bridgehead atoms. The topological polar surface area (TPSA) is 0 Å². The van der Waals surface area contributed by atoms with E-state index < -0.39 is 0 Å². The Morgan fingerprint density at radius 1 is 0.800 bits per heavy atom. The van der Waals surface area contributed by atoms with Gasteiger partial charge in [0.15, 0.2) is 0 Å². The third-order valence-electron chi connectivity index (χ3n) is 3.92. The molecule has 105 valence electrons. The van der Waals surface area contributed by atoms with Crippen LogP contribution in [0.25, 0.3) is 11.1 Å². The van der Waals surface area contributed by atoms with Crippen LogP contribution < -0.4 is 0 Å². The number of aryl methyl sites for hydroxylation is 2. The van der Waals surface area contributed by atoms with Crippen molar-refractivity contribution in [1.29, 1.82) is 0 Å². The monoisotopic (exact) mass is 265 g/mol. The molecule has 0 saturated heterocycles. The van der Waals surface area contributed by atoms with Crippen molar-refractivity contribution < 1.29 is 0 Å². The highest BCUT2D eigenvalue weighted by Gasteiger charge is 2.11. The zero-order valence-electron chi connectivity index (χ0n) is 13.5. The van der Waals surface area contributed by atoms with Crippen LogP contribution >= 0.6 is 0 Å². The van der Waals surface area contributed by atoms with Crippen LogP contribution in [-0.4, -0.2) is 0 Å². The molecule has 0 aromatic heterocycles. The Morgan fingerprint density at radius 2 is 1.25 bits per heavy atom. The van der Waals surface area contributed by atoms with Crippen molar-refractivity contribution in [3.8, 4) is 11.1 Å². The van der Waals surface area contributed by atoms with Crippen LogP contribution in [-0.2, 0) is 0 Å². The van der Waals surface area contributed by atoms with Gasteiger partial charge in [0.1, 0.15) is 0 Å². The Kier molecular flexibility index (Phi) is 4.32. The first-order valence-electron chi connectivity index (χ1n) is 7.54. The van der Waals surface area contributed by atoms with E-state index in [1.807, 2.05) is 0 Å². The summed E-state index contributed by atoms with van der Waals surface area (Å²) < 4.78 is 0. The molecule has 0 aliphatic heterocycles. The van der Waals surface area contributed by atoms with Crippen LogP contribution in [0.1, 0.15) is 61.8 Å². The Hall–Kier alpha value is -1.56. The molecule has 2 aromatic rings. The van der Waals surface area contributed by atoms with Gasteiger partial charge >= 0.3 is 0 Å². The van der Waals surface area contributed by atoms with Crippen molar-refractivity contribution in [1.82, 2.24) is 0 Å². The molecule has 0 saturated carbocycles. The van der Waals surface area contributed by atoms with Crippen molar-refractivity contribution in [2.45, 2.75) is 53.4 Å². The summed E-state index contributed by atoms with van der Waals surface area (Å²) in [7, 11) is 0. The second-order valence-corrected chi connectivity index (χ2v) is 6.36. The lowest BCUT2D eigenvalue weighted by molar-refractivity contribution is 0.831. The van der Waals surface area contributed by atoms with E-state index in [1.54, 1.807) is 0 Å². The van der Waals surface area contributed by atoms with E-state index in [0.717, 1.165) is 0 Å². The second kappa shape index (κ2) is 5.83. The molecule has 0 aliphatic rings. The maximum Gasteiger partial charge on any atom is -0.0108 e. The van der Waals surface area contributed by atoms with E-state index in [9.17, 15) is 0 Å². The lowest BCUT2D eigenvalue weighted by atomic mass is 9.88. The Balaban J connectivity index is 2.67. The predicted octanol–water partition coefficient (Wildman–Crippen LogP) is 6.02. The fourth-order valence-electron chi connectivity index (χ4n) is 2.65. The van der Waals surface area contributed by atoms with Gasteiger partial charge in [0.05, 0.1) is 0 Å². The summed E-state index contributed by atoms with van der Waals surface area (Å²) in [5.74, 6) is 1.02. The van der Waals surface area contributed by atoms with Crippen LogP contribution in [0.5, 0.6) is 0 Å². The Morgan fingerprint density at radius 3 is 1.65 bits per heavy atom. The summed E-state index contributed by atoms with van der Waals surface area (Å²) in [6, 6.07) is 14.7. The van der Waals surface area contributed by atoms with Gasteiger partial charge < -0.3 is 0 Å². The molecule has 0 aliphatic carbocycles. The van der Waals surface area contributed by atoms with Gasteiger partial charge in [-0.2, -0.15) is 0 Å². The van der Waals surface area contributed by atoms with Crippen molar-refractivity contribution in [3.63, 3.8) is 0 Å². The van der Waals surface area contributed by atoms with Crippen LogP contribution in [0, 0.1) is 19.9 Å². The summed E-state index contributed by atoms with van der Waals surface area (Å²) in [5.41, 5.74) is 8.04. The van der Waals surface area contributed by atoms with Crippen molar-refractivity contribution in [3.05, 3.63) is 58.7 Å². The molecule has 0 heterocycles. The molecule has 0 unspecified atom stereocenters. The van der Waals surface area contributed by atoms with Gasteiger partial charge in [-0.3, -0.25) is 0 Å². The van der Waals surface area contributed by atoms with E-state index in [4.69, 9.17) is 0 Å². The summed E-state index contributed by atoms with van der Waals surface area (Å²) in [6.07, 6.45) is 0. The minimum atomic E-state index is 0.511. The SMILES string of the molecule is Cc1cccc(C)c1-c1cc(C(C)C)[c]c(C(C)C)c1. The number of hydrogen-bond acceptors (Lipinski definition) is 0. The first-order valence-corrected chi connectivity index (χ1v) is 7.54. The van der Waals surface area contributed by atoms with Gasteiger partial charge in [0.2, 0.25) is 0 Å². The van der Waals surface area contributed by atoms with Gasteiger partial charge in [0.25, 0.3) is 0 Å². The molecule has 0 nitrogen and oxygen atoms in total. The first-order chi connectivity index (χ1) is 9.40. The quantitative estimate of drug-likeness (QED) is 0.636. The van der Waals surface area contributed by atoms with Crippen molar-refractivity contribution in [2.75, 3.05) is 0 Å². The molecule has 0 amide bonds. The zero-order chi connectivity index (χ0) is 14.9. The molecule has 2 aromatic carbocycles. The molecule has 0 heteroatoms. The lowest BCUT2D eigenvalue weighted by Gasteiger charge is -2.16. The van der Waals surface area contributed by atoms with E-state index in [2.05, 4.69) is 77.9 Å². The molecule has 0 N–H and O–H groups in total. The second-order valence-electron chi connectivity index (χ2n) is 6.36. The van der Waals surface area contributed by atoms with E-state index in [0.29, 0.717) is 11.8 Å². The largest absolute Gasteiger partial charge is 0.0617 e. The molecule has 0 spiro atoms. The third-order valence-corrected chi connectivity index (χ3v) is 3.92. The van der Waals surface area contributed by atoms with E-state index in [1.165, 1.54) is 33.4 Å². The number of hydrogen-bond donors (Lipinski definition) is 0. The maximum atomic E-state index is 3.59. The molecule has 0 fully saturated rings. The van der Waals surface area contributed by atoms with E-state index >= 15 is 0 Å². The normalized spacial score (nSPS) is 11.4. The minimum absolute atomic E-state index is 0.511. The van der Waals surface area contributed by atoms with Gasteiger partial charge in [-0.1, -0.05) is 58.0 Å². The highest BCUT2D eigenvalue weighted by molar-refractivity contribution is 5.72. The van der Waals surface area contributed by atoms with Gasteiger partial charge in [0, 0.05) is 0 Å². The van der Waals surface area contributed by atoms with Crippen LogP contribution in [0.15, 0.2) is 30.3 Å². The molecular formula is C20H25. The smallest absolute Gasteiger partial charge is 0.0108 e. The average Bonchev–Trinajstić information content (AvgIpc) is 2.38. The molecule has 20 heavy (non-hydrogen) atoms. The standard InChI is InChI=1S/C20H25/c1-13(2)17-10-18(14(3)4)12-19(11-17)20-15(5)8-7-9-16(20)6/h7-9,11-14H,1-6H3. The predicted molar refractivity (Wildman–Crippen MR) is 88.4 cm³/mol.